The molecule has 2 N–H and O–H groups in total. The van der Waals surface area contributed by atoms with Crippen molar-refractivity contribution >= 4 is 5.91 Å². The van der Waals surface area contributed by atoms with Crippen LogP contribution in [0.2, 0.25) is 0 Å². The minimum Gasteiger partial charge on any atom is -0.396 e. The predicted octanol–water partition coefficient (Wildman–Crippen LogP) is 1.04. The zero-order valence-electron chi connectivity index (χ0n) is 10.7. The summed E-state index contributed by atoms with van der Waals surface area (Å²) in [5, 5.41) is 14.8. The highest BCUT2D eigenvalue weighted by atomic mass is 19.4. The van der Waals surface area contributed by atoms with Gasteiger partial charge < -0.3 is 10.4 Å². The molecule has 0 atom stereocenters. The summed E-state index contributed by atoms with van der Waals surface area (Å²) in [5.74, 6) is -0.460. The van der Waals surface area contributed by atoms with Gasteiger partial charge in [-0.05, 0) is 6.07 Å². The van der Waals surface area contributed by atoms with Gasteiger partial charge in [0.25, 0.3) is 0 Å². The molecular weight excluding hydrogens is 263 g/mol. The quantitative estimate of drug-likeness (QED) is 0.846. The van der Waals surface area contributed by atoms with Crippen LogP contribution in [0.4, 0.5) is 13.2 Å². The van der Waals surface area contributed by atoms with E-state index in [4.69, 9.17) is 5.11 Å². The van der Waals surface area contributed by atoms with Gasteiger partial charge in [0.15, 0.2) is 5.69 Å². The largest absolute Gasteiger partial charge is 0.435 e. The zero-order chi connectivity index (χ0) is 14.7. The molecule has 0 aromatic carbocycles. The number of carbonyl (C=O) groups is 1. The molecule has 0 aliphatic rings. The Balaban J connectivity index is 2.52. The van der Waals surface area contributed by atoms with Gasteiger partial charge in [-0.15, -0.1) is 0 Å². The van der Waals surface area contributed by atoms with Crippen LogP contribution in [-0.4, -0.2) is 33.9 Å². The second-order valence-corrected chi connectivity index (χ2v) is 5.00. The molecule has 19 heavy (non-hydrogen) atoms. The van der Waals surface area contributed by atoms with Crippen LogP contribution < -0.4 is 5.32 Å². The first-order valence-corrected chi connectivity index (χ1v) is 5.62. The Morgan fingerprint density at radius 1 is 1.47 bits per heavy atom. The Kier molecular flexibility index (Phi) is 4.56. The molecule has 0 aliphatic carbocycles. The van der Waals surface area contributed by atoms with Crippen LogP contribution in [-0.2, 0) is 17.5 Å². The van der Waals surface area contributed by atoms with E-state index < -0.39 is 23.2 Å². The third-order valence-electron chi connectivity index (χ3n) is 2.43. The van der Waals surface area contributed by atoms with E-state index in [9.17, 15) is 18.0 Å². The van der Waals surface area contributed by atoms with Crippen LogP contribution >= 0.6 is 0 Å². The second kappa shape index (κ2) is 5.60. The average Bonchev–Trinajstić information content (AvgIpc) is 2.75. The first-order chi connectivity index (χ1) is 8.64. The molecule has 8 heteroatoms. The number of aliphatic hydroxyl groups is 1. The molecule has 0 radical (unpaired) electrons. The van der Waals surface area contributed by atoms with Crippen LogP contribution in [0.1, 0.15) is 19.5 Å². The number of halogens is 3. The Morgan fingerprint density at radius 3 is 2.58 bits per heavy atom. The number of hydrogen-bond donors (Lipinski definition) is 2. The Labute approximate surface area is 108 Å². The number of rotatable bonds is 5. The highest BCUT2D eigenvalue weighted by Crippen LogP contribution is 2.27. The monoisotopic (exact) mass is 279 g/mol. The van der Waals surface area contributed by atoms with Crippen molar-refractivity contribution in [3.05, 3.63) is 18.0 Å². The predicted molar refractivity (Wildman–Crippen MR) is 61.1 cm³/mol. The van der Waals surface area contributed by atoms with Crippen molar-refractivity contribution in [2.24, 2.45) is 5.41 Å². The number of carbonyl (C=O) groups excluding carboxylic acids is 1. The maximum Gasteiger partial charge on any atom is 0.435 e. The molecule has 1 amide bonds. The SMILES string of the molecule is CC(C)(CO)CNC(=O)Cn1ccc(C(F)(F)F)n1. The molecule has 0 saturated heterocycles. The average molecular weight is 279 g/mol. The van der Waals surface area contributed by atoms with Gasteiger partial charge in [-0.1, -0.05) is 13.8 Å². The van der Waals surface area contributed by atoms with Crippen molar-refractivity contribution in [3.63, 3.8) is 0 Å². The van der Waals surface area contributed by atoms with E-state index >= 15 is 0 Å². The van der Waals surface area contributed by atoms with Gasteiger partial charge in [-0.25, -0.2) is 0 Å². The van der Waals surface area contributed by atoms with E-state index in [1.807, 2.05) is 0 Å². The molecule has 108 valence electrons. The van der Waals surface area contributed by atoms with Gasteiger partial charge in [0.2, 0.25) is 5.91 Å². The highest BCUT2D eigenvalue weighted by Gasteiger charge is 2.33. The summed E-state index contributed by atoms with van der Waals surface area (Å²) in [6.45, 7) is 3.34. The molecule has 0 bridgehead atoms. The van der Waals surface area contributed by atoms with Gasteiger partial charge >= 0.3 is 6.18 Å². The van der Waals surface area contributed by atoms with E-state index in [1.54, 1.807) is 13.8 Å². The smallest absolute Gasteiger partial charge is 0.396 e. The molecular formula is C11H16F3N3O2. The van der Waals surface area contributed by atoms with Gasteiger partial charge in [0.1, 0.15) is 6.54 Å². The molecule has 0 spiro atoms. The summed E-state index contributed by atoms with van der Waals surface area (Å²) in [7, 11) is 0. The minimum atomic E-state index is -4.51. The maximum absolute atomic E-state index is 12.3. The molecule has 0 aliphatic heterocycles. The Morgan fingerprint density at radius 2 is 2.11 bits per heavy atom. The normalized spacial score (nSPS) is 12.5. The van der Waals surface area contributed by atoms with Crippen molar-refractivity contribution in [1.82, 2.24) is 15.1 Å². The van der Waals surface area contributed by atoms with Crippen molar-refractivity contribution in [2.75, 3.05) is 13.2 Å². The number of hydrogen-bond acceptors (Lipinski definition) is 3. The molecule has 1 aromatic rings. The lowest BCUT2D eigenvalue weighted by atomic mass is 9.95. The van der Waals surface area contributed by atoms with Gasteiger partial charge in [0, 0.05) is 24.8 Å². The number of nitrogens with zero attached hydrogens (tertiary/aromatic N) is 2. The van der Waals surface area contributed by atoms with Crippen LogP contribution in [0.25, 0.3) is 0 Å². The molecule has 0 unspecified atom stereocenters. The number of amides is 1. The third kappa shape index (κ3) is 4.90. The van der Waals surface area contributed by atoms with Crippen molar-refractivity contribution in [3.8, 4) is 0 Å². The third-order valence-corrected chi connectivity index (χ3v) is 2.43. The highest BCUT2D eigenvalue weighted by molar-refractivity contribution is 5.75. The van der Waals surface area contributed by atoms with E-state index in [0.717, 1.165) is 16.9 Å². The molecule has 1 rings (SSSR count). The molecule has 5 nitrogen and oxygen atoms in total. The lowest BCUT2D eigenvalue weighted by molar-refractivity contribution is -0.141. The lowest BCUT2D eigenvalue weighted by Gasteiger charge is -2.21. The van der Waals surface area contributed by atoms with Crippen LogP contribution in [0, 0.1) is 5.41 Å². The van der Waals surface area contributed by atoms with Crippen molar-refractivity contribution in [2.45, 2.75) is 26.6 Å². The molecule has 0 fully saturated rings. The number of nitrogens with one attached hydrogen (secondary N) is 1. The summed E-state index contributed by atoms with van der Waals surface area (Å²) < 4.78 is 37.8. The molecule has 0 saturated carbocycles. The summed E-state index contributed by atoms with van der Waals surface area (Å²) in [6, 6.07) is 0.810. The van der Waals surface area contributed by atoms with Gasteiger partial charge in [0.05, 0.1) is 0 Å². The number of alkyl halides is 3. The summed E-state index contributed by atoms with van der Waals surface area (Å²) >= 11 is 0. The topological polar surface area (TPSA) is 67.2 Å². The fraction of sp³-hybridized carbons (Fsp3) is 0.636. The second-order valence-electron chi connectivity index (χ2n) is 5.00. The summed E-state index contributed by atoms with van der Waals surface area (Å²) in [6.07, 6.45) is -3.42. The summed E-state index contributed by atoms with van der Waals surface area (Å²) in [4.78, 5) is 11.5. The van der Waals surface area contributed by atoms with Gasteiger partial charge in [-0.3, -0.25) is 9.48 Å². The fourth-order valence-corrected chi connectivity index (χ4v) is 1.20. The first kappa shape index (κ1) is 15.5. The van der Waals surface area contributed by atoms with Crippen LogP contribution in [0.15, 0.2) is 12.3 Å². The van der Waals surface area contributed by atoms with Crippen LogP contribution in [0.5, 0.6) is 0 Å². The minimum absolute atomic E-state index is 0.104. The van der Waals surface area contributed by atoms with E-state index in [2.05, 4.69) is 10.4 Å². The van der Waals surface area contributed by atoms with Crippen LogP contribution in [0.3, 0.4) is 0 Å². The van der Waals surface area contributed by atoms with E-state index in [0.29, 0.717) is 0 Å². The standard InChI is InChI=1S/C11H16F3N3O2/c1-10(2,7-18)6-15-9(19)5-17-4-3-8(16-17)11(12,13)14/h3-4,18H,5-7H2,1-2H3,(H,15,19). The Hall–Kier alpha value is -1.57. The zero-order valence-corrected chi connectivity index (χ0v) is 10.7. The van der Waals surface area contributed by atoms with Crippen molar-refractivity contribution < 1.29 is 23.1 Å². The lowest BCUT2D eigenvalue weighted by Crippen LogP contribution is -2.37. The first-order valence-electron chi connectivity index (χ1n) is 5.62. The molecule has 1 heterocycles. The van der Waals surface area contributed by atoms with Crippen molar-refractivity contribution in [1.29, 1.82) is 0 Å². The molecule has 1 aromatic heterocycles. The number of aromatic nitrogens is 2. The number of aliphatic hydroxyl groups excluding tert-OH is 1. The summed E-state index contributed by atoms with van der Waals surface area (Å²) in [5.41, 5.74) is -1.51. The maximum atomic E-state index is 12.3. The van der Waals surface area contributed by atoms with Gasteiger partial charge in [-0.2, -0.15) is 18.3 Å². The Bertz CT molecular complexity index is 441. The fourth-order valence-electron chi connectivity index (χ4n) is 1.20. The van der Waals surface area contributed by atoms with E-state index in [1.165, 1.54) is 0 Å². The van der Waals surface area contributed by atoms with E-state index in [-0.39, 0.29) is 19.7 Å².